The Morgan fingerprint density at radius 1 is 0.947 bits per heavy atom. The lowest BCUT2D eigenvalue weighted by Crippen LogP contribution is -1.87. The van der Waals surface area contributed by atoms with Crippen molar-refractivity contribution in [3.8, 4) is 11.5 Å². The van der Waals surface area contributed by atoms with Gasteiger partial charge in [-0.15, -0.1) is 0 Å². The van der Waals surface area contributed by atoms with Crippen LogP contribution in [0.15, 0.2) is 58.7 Å². The molecule has 0 saturated carbocycles. The Kier molecular flexibility index (Phi) is 4.29. The van der Waals surface area contributed by atoms with Gasteiger partial charge < -0.3 is 9.84 Å². The fourth-order valence-corrected chi connectivity index (χ4v) is 1.51. The van der Waals surface area contributed by atoms with E-state index in [-0.39, 0.29) is 5.75 Å². The largest absolute Gasteiger partial charge is 0.504 e. The third kappa shape index (κ3) is 3.67. The topological polar surface area (TPSA) is 54.2 Å². The highest BCUT2D eigenvalue weighted by Gasteiger charge is 2.00. The molecular formula is C15H14N2O2. The summed E-state index contributed by atoms with van der Waals surface area (Å²) >= 11 is 0. The number of nitrogens with zero attached hydrogens (tertiary/aromatic N) is 2. The van der Waals surface area contributed by atoms with Gasteiger partial charge in [0.1, 0.15) is 0 Å². The molecule has 0 radical (unpaired) electrons. The van der Waals surface area contributed by atoms with Gasteiger partial charge in [-0.05, 0) is 29.3 Å². The summed E-state index contributed by atoms with van der Waals surface area (Å²) in [5.41, 5.74) is 1.79. The monoisotopic (exact) mass is 254 g/mol. The fourth-order valence-electron chi connectivity index (χ4n) is 1.51. The first-order valence-corrected chi connectivity index (χ1v) is 5.78. The van der Waals surface area contributed by atoms with Gasteiger partial charge >= 0.3 is 0 Å². The zero-order valence-corrected chi connectivity index (χ0v) is 10.5. The first kappa shape index (κ1) is 12.8. The highest BCUT2D eigenvalue weighted by molar-refractivity contribution is 5.83. The minimum Gasteiger partial charge on any atom is -0.504 e. The van der Waals surface area contributed by atoms with Crippen molar-refractivity contribution in [3.63, 3.8) is 0 Å². The molecule has 0 heterocycles. The van der Waals surface area contributed by atoms with Crippen LogP contribution >= 0.6 is 0 Å². The number of phenols is 1. The summed E-state index contributed by atoms with van der Waals surface area (Å²) in [6.07, 6.45) is 3.27. The molecule has 2 aromatic rings. The zero-order valence-electron chi connectivity index (χ0n) is 10.5. The molecule has 2 rings (SSSR count). The summed E-state index contributed by atoms with van der Waals surface area (Å²) in [6, 6.07) is 14.7. The second kappa shape index (κ2) is 6.35. The van der Waals surface area contributed by atoms with E-state index in [2.05, 4.69) is 10.2 Å². The van der Waals surface area contributed by atoms with Crippen molar-refractivity contribution in [2.75, 3.05) is 7.11 Å². The minimum atomic E-state index is 0.104. The number of benzene rings is 2. The van der Waals surface area contributed by atoms with Gasteiger partial charge in [0, 0.05) is 0 Å². The summed E-state index contributed by atoms with van der Waals surface area (Å²) in [6.45, 7) is 0. The van der Waals surface area contributed by atoms with Crippen LogP contribution in [0.3, 0.4) is 0 Å². The van der Waals surface area contributed by atoms with Crippen molar-refractivity contribution in [2.45, 2.75) is 0 Å². The number of hydrogen-bond acceptors (Lipinski definition) is 4. The van der Waals surface area contributed by atoms with Crippen LogP contribution in [-0.2, 0) is 0 Å². The molecule has 0 aliphatic heterocycles. The van der Waals surface area contributed by atoms with Crippen LogP contribution in [0, 0.1) is 0 Å². The number of aromatic hydroxyl groups is 1. The molecule has 19 heavy (non-hydrogen) atoms. The van der Waals surface area contributed by atoms with Crippen LogP contribution in [0.1, 0.15) is 11.1 Å². The predicted molar refractivity (Wildman–Crippen MR) is 76.3 cm³/mol. The van der Waals surface area contributed by atoms with Gasteiger partial charge in [-0.2, -0.15) is 10.2 Å². The van der Waals surface area contributed by atoms with Gasteiger partial charge in [-0.3, -0.25) is 0 Å². The maximum absolute atomic E-state index is 9.46. The van der Waals surface area contributed by atoms with Crippen LogP contribution in [0.4, 0.5) is 0 Å². The normalized spacial score (nSPS) is 11.2. The second-order valence-electron chi connectivity index (χ2n) is 3.83. The number of methoxy groups -OCH3 is 1. The van der Waals surface area contributed by atoms with E-state index in [1.54, 1.807) is 30.6 Å². The van der Waals surface area contributed by atoms with Crippen LogP contribution in [0.25, 0.3) is 0 Å². The molecule has 4 heteroatoms. The van der Waals surface area contributed by atoms with E-state index in [4.69, 9.17) is 4.74 Å². The molecule has 96 valence electrons. The summed E-state index contributed by atoms with van der Waals surface area (Å²) in [5, 5.41) is 17.4. The van der Waals surface area contributed by atoms with E-state index in [1.807, 2.05) is 30.3 Å². The number of phenolic OH excluding ortho intramolecular Hbond substituents is 1. The highest BCUT2D eigenvalue weighted by Crippen LogP contribution is 2.25. The third-order valence-corrected chi connectivity index (χ3v) is 2.48. The van der Waals surface area contributed by atoms with Crippen LogP contribution in [0.2, 0.25) is 0 Å². The van der Waals surface area contributed by atoms with Gasteiger partial charge in [0.25, 0.3) is 0 Å². The van der Waals surface area contributed by atoms with E-state index in [1.165, 1.54) is 7.11 Å². The second-order valence-corrected chi connectivity index (χ2v) is 3.83. The summed E-state index contributed by atoms with van der Waals surface area (Å²) in [4.78, 5) is 0. The Balaban J connectivity index is 2.05. The minimum absolute atomic E-state index is 0.104. The quantitative estimate of drug-likeness (QED) is 0.673. The average Bonchev–Trinajstić information content (AvgIpc) is 2.46. The Labute approximate surface area is 111 Å². The molecule has 0 aliphatic carbocycles. The Morgan fingerprint density at radius 3 is 2.32 bits per heavy atom. The molecule has 0 saturated heterocycles. The lowest BCUT2D eigenvalue weighted by Gasteiger charge is -2.02. The highest BCUT2D eigenvalue weighted by atomic mass is 16.5. The number of rotatable bonds is 4. The van der Waals surface area contributed by atoms with Crippen molar-refractivity contribution in [1.82, 2.24) is 0 Å². The summed E-state index contributed by atoms with van der Waals surface area (Å²) in [5.74, 6) is 0.517. The standard InChI is InChI=1S/C15H14N2O2/c1-19-15-9-13(7-8-14(15)18)11-17-16-10-12-5-3-2-4-6-12/h2-11,18H,1H3. The van der Waals surface area contributed by atoms with Gasteiger partial charge in [-0.25, -0.2) is 0 Å². The molecule has 0 bridgehead atoms. The first-order chi connectivity index (χ1) is 9.29. The summed E-state index contributed by atoms with van der Waals surface area (Å²) < 4.78 is 5.01. The maximum Gasteiger partial charge on any atom is 0.161 e. The van der Waals surface area contributed by atoms with Crippen LogP contribution in [-0.4, -0.2) is 24.6 Å². The molecule has 0 aliphatic rings. The molecule has 0 amide bonds. The molecule has 0 spiro atoms. The van der Waals surface area contributed by atoms with Gasteiger partial charge in [0.05, 0.1) is 19.5 Å². The molecule has 4 nitrogen and oxygen atoms in total. The molecule has 0 unspecified atom stereocenters. The molecule has 0 fully saturated rings. The Morgan fingerprint density at radius 2 is 1.63 bits per heavy atom. The maximum atomic E-state index is 9.46. The van der Waals surface area contributed by atoms with E-state index < -0.39 is 0 Å². The lowest BCUT2D eigenvalue weighted by atomic mass is 10.2. The summed E-state index contributed by atoms with van der Waals surface area (Å²) in [7, 11) is 1.50. The van der Waals surface area contributed by atoms with Gasteiger partial charge in [-0.1, -0.05) is 30.3 Å². The fraction of sp³-hybridized carbons (Fsp3) is 0.0667. The van der Waals surface area contributed by atoms with Crippen molar-refractivity contribution in [1.29, 1.82) is 0 Å². The molecule has 2 aromatic carbocycles. The predicted octanol–water partition coefficient (Wildman–Crippen LogP) is 2.85. The van der Waals surface area contributed by atoms with Crippen LogP contribution < -0.4 is 4.74 Å². The van der Waals surface area contributed by atoms with Crippen molar-refractivity contribution >= 4 is 12.4 Å². The zero-order chi connectivity index (χ0) is 13.5. The van der Waals surface area contributed by atoms with E-state index in [9.17, 15) is 5.11 Å². The molecule has 1 N–H and O–H groups in total. The smallest absolute Gasteiger partial charge is 0.161 e. The average molecular weight is 254 g/mol. The molecule has 0 aromatic heterocycles. The Hall–Kier alpha value is -2.62. The van der Waals surface area contributed by atoms with Gasteiger partial charge in [0.2, 0.25) is 0 Å². The molecular weight excluding hydrogens is 240 g/mol. The number of ether oxygens (including phenoxy) is 1. The number of hydrogen-bond donors (Lipinski definition) is 1. The van der Waals surface area contributed by atoms with Crippen molar-refractivity contribution in [3.05, 3.63) is 59.7 Å². The molecule has 0 atom stereocenters. The van der Waals surface area contributed by atoms with Crippen molar-refractivity contribution < 1.29 is 9.84 Å². The van der Waals surface area contributed by atoms with E-state index in [0.717, 1.165) is 11.1 Å². The Bertz CT molecular complexity index is 592. The third-order valence-electron chi connectivity index (χ3n) is 2.48. The SMILES string of the molecule is COc1cc(C=NN=Cc2ccccc2)ccc1O. The first-order valence-electron chi connectivity index (χ1n) is 5.78. The van der Waals surface area contributed by atoms with Crippen molar-refractivity contribution in [2.24, 2.45) is 10.2 Å². The van der Waals surface area contributed by atoms with Crippen LogP contribution in [0.5, 0.6) is 11.5 Å². The van der Waals surface area contributed by atoms with E-state index in [0.29, 0.717) is 5.75 Å². The van der Waals surface area contributed by atoms with Gasteiger partial charge in [0.15, 0.2) is 11.5 Å². The van der Waals surface area contributed by atoms with E-state index >= 15 is 0 Å². The lowest BCUT2D eigenvalue weighted by molar-refractivity contribution is 0.373.